The highest BCUT2D eigenvalue weighted by molar-refractivity contribution is 8.16. The summed E-state index contributed by atoms with van der Waals surface area (Å²) in [4.78, 5) is 29.0. The van der Waals surface area contributed by atoms with E-state index in [4.69, 9.17) is 11.6 Å². The average Bonchev–Trinajstić information content (AvgIpc) is 2.81. The van der Waals surface area contributed by atoms with Gasteiger partial charge in [-0.3, -0.25) is 4.79 Å². The van der Waals surface area contributed by atoms with Crippen molar-refractivity contribution in [3.63, 3.8) is 0 Å². The first kappa shape index (κ1) is 26.1. The first-order valence-electron chi connectivity index (χ1n) is 10.8. The maximum absolute atomic E-state index is 11.9. The number of carbonyl (C=O) groups is 2. The van der Waals surface area contributed by atoms with Crippen molar-refractivity contribution in [1.82, 2.24) is 9.88 Å². The maximum Gasteiger partial charge on any atom is 0.222 e. The number of hydrogen-bond acceptors (Lipinski definition) is 6. The summed E-state index contributed by atoms with van der Waals surface area (Å²) in [6.07, 6.45) is 4.40. The first-order chi connectivity index (χ1) is 16.3. The quantitative estimate of drug-likeness (QED) is 0.330. The third kappa shape index (κ3) is 8.08. The van der Waals surface area contributed by atoms with E-state index in [9.17, 15) is 14.7 Å². The third-order valence-corrected chi connectivity index (χ3v) is 8.05. The highest BCUT2D eigenvalue weighted by Crippen LogP contribution is 2.40. The number of rotatable bonds is 11. The van der Waals surface area contributed by atoms with Crippen LogP contribution in [0.3, 0.4) is 0 Å². The van der Waals surface area contributed by atoms with Crippen molar-refractivity contribution >= 4 is 70.1 Å². The fraction of sp³-hybridized carbons (Fsp3) is 0.269. The lowest BCUT2D eigenvalue weighted by Crippen LogP contribution is -2.22. The molecule has 34 heavy (non-hydrogen) atoms. The summed E-state index contributed by atoms with van der Waals surface area (Å²) in [7, 11) is 3.49. The van der Waals surface area contributed by atoms with E-state index in [0.717, 1.165) is 27.7 Å². The van der Waals surface area contributed by atoms with Crippen molar-refractivity contribution in [2.24, 2.45) is 0 Å². The molecule has 0 aliphatic rings. The molecular weight excluding hydrogens is 488 g/mol. The number of halogens is 1. The number of fused-ring (bicyclic) bond motifs is 1. The summed E-state index contributed by atoms with van der Waals surface area (Å²) >= 11 is 9.30. The van der Waals surface area contributed by atoms with Gasteiger partial charge in [0.05, 0.1) is 15.8 Å². The number of nitrogens with zero attached hydrogens (tertiary/aromatic N) is 2. The van der Waals surface area contributed by atoms with Crippen molar-refractivity contribution in [3.8, 4) is 0 Å². The number of thioether (sulfide) groups is 2. The van der Waals surface area contributed by atoms with E-state index in [1.165, 1.54) is 0 Å². The Labute approximate surface area is 213 Å². The van der Waals surface area contributed by atoms with E-state index in [-0.39, 0.29) is 16.9 Å². The van der Waals surface area contributed by atoms with Gasteiger partial charge in [-0.05, 0) is 53.6 Å². The number of carbonyl (C=O) groups excluding carboxylic acids is 2. The fourth-order valence-electron chi connectivity index (χ4n) is 3.16. The molecule has 1 amide bonds. The molecule has 0 saturated carbocycles. The van der Waals surface area contributed by atoms with Gasteiger partial charge in [-0.15, -0.1) is 23.5 Å². The lowest BCUT2D eigenvalue weighted by Gasteiger charge is -2.18. The Bertz CT molecular complexity index is 1180. The van der Waals surface area contributed by atoms with Gasteiger partial charge < -0.3 is 14.8 Å². The summed E-state index contributed by atoms with van der Waals surface area (Å²) in [5.74, 6) is 0.126. The second kappa shape index (κ2) is 12.8. The molecule has 0 aliphatic carbocycles. The van der Waals surface area contributed by atoms with Crippen molar-refractivity contribution < 1.29 is 14.7 Å². The van der Waals surface area contributed by atoms with Gasteiger partial charge in [0.1, 0.15) is 0 Å². The van der Waals surface area contributed by atoms with Crippen molar-refractivity contribution in [3.05, 3.63) is 76.4 Å². The molecule has 0 bridgehead atoms. The normalized spacial score (nSPS) is 12.2. The molecule has 0 unspecified atom stereocenters. The zero-order valence-electron chi connectivity index (χ0n) is 19.1. The van der Waals surface area contributed by atoms with Gasteiger partial charge in [0.2, 0.25) is 5.91 Å². The van der Waals surface area contributed by atoms with Gasteiger partial charge in [-0.1, -0.05) is 48.0 Å². The van der Waals surface area contributed by atoms with Crippen LogP contribution in [-0.4, -0.2) is 47.4 Å². The number of pyridine rings is 1. The third-order valence-electron chi connectivity index (χ3n) is 4.96. The Hall–Kier alpha value is -2.48. The van der Waals surface area contributed by atoms with Crippen LogP contribution in [0.4, 0.5) is 0 Å². The van der Waals surface area contributed by atoms with Crippen LogP contribution < -0.4 is 5.11 Å². The number of benzene rings is 2. The summed E-state index contributed by atoms with van der Waals surface area (Å²) in [6.45, 7) is 0. The predicted octanol–water partition coefficient (Wildman–Crippen LogP) is 5.14. The molecule has 2 aromatic carbocycles. The molecule has 5 nitrogen and oxygen atoms in total. The Morgan fingerprint density at radius 3 is 2.50 bits per heavy atom. The molecule has 0 spiro atoms. The van der Waals surface area contributed by atoms with E-state index in [1.54, 1.807) is 42.5 Å². The van der Waals surface area contributed by atoms with Gasteiger partial charge >= 0.3 is 0 Å². The van der Waals surface area contributed by atoms with Crippen molar-refractivity contribution in [1.29, 1.82) is 0 Å². The molecule has 1 heterocycles. The molecule has 0 saturated heterocycles. The fourth-order valence-corrected chi connectivity index (χ4v) is 5.97. The Balaban J connectivity index is 1.74. The molecule has 0 N–H and O–H groups in total. The smallest absolute Gasteiger partial charge is 0.222 e. The van der Waals surface area contributed by atoms with Crippen LogP contribution in [0, 0.1) is 0 Å². The number of hydrogen-bond donors (Lipinski definition) is 0. The summed E-state index contributed by atoms with van der Waals surface area (Å²) in [6, 6.07) is 17.8. The second-order valence-electron chi connectivity index (χ2n) is 7.81. The zero-order chi connectivity index (χ0) is 24.5. The Kier molecular flexibility index (Phi) is 9.86. The van der Waals surface area contributed by atoms with Crippen LogP contribution in [-0.2, 0) is 9.59 Å². The molecule has 1 atom stereocenters. The molecule has 3 rings (SSSR count). The Morgan fingerprint density at radius 2 is 1.76 bits per heavy atom. The number of aromatic nitrogens is 1. The highest BCUT2D eigenvalue weighted by Gasteiger charge is 2.14. The van der Waals surface area contributed by atoms with Crippen molar-refractivity contribution in [2.45, 2.75) is 17.4 Å². The van der Waals surface area contributed by atoms with Crippen LogP contribution >= 0.6 is 35.1 Å². The minimum Gasteiger partial charge on any atom is -0.550 e. The van der Waals surface area contributed by atoms with Gasteiger partial charge in [-0.2, -0.15) is 0 Å². The van der Waals surface area contributed by atoms with E-state index in [2.05, 4.69) is 11.1 Å². The molecule has 178 valence electrons. The first-order valence-corrected chi connectivity index (χ1v) is 13.3. The van der Waals surface area contributed by atoms with Crippen LogP contribution in [0.25, 0.3) is 23.1 Å². The lowest BCUT2D eigenvalue weighted by molar-refractivity contribution is -0.305. The van der Waals surface area contributed by atoms with E-state index >= 15 is 0 Å². The largest absolute Gasteiger partial charge is 0.550 e. The molecule has 8 heteroatoms. The Morgan fingerprint density at radius 1 is 1.03 bits per heavy atom. The van der Waals surface area contributed by atoms with E-state index < -0.39 is 5.97 Å². The monoisotopic (exact) mass is 513 g/mol. The number of amides is 1. The standard InChI is InChI=1S/C26H27ClN2O3S2/c1-29(2)24(30)12-14-33-26(34-15-13-25(31)32)20-5-3-4-18(16-20)6-10-22-11-8-19-7-9-21(27)17-23(19)28-22/h3-11,16-17,26H,12-15H2,1-2H3,(H,31,32)/p-1/b10-6+/t26-/m1/s1. The van der Waals surface area contributed by atoms with E-state index in [0.29, 0.717) is 22.9 Å². The minimum atomic E-state index is -1.06. The maximum atomic E-state index is 11.9. The van der Waals surface area contributed by atoms with Gasteiger partial charge in [-0.25, -0.2) is 4.98 Å². The second-order valence-corrected chi connectivity index (χ2v) is 11.0. The van der Waals surface area contributed by atoms with Gasteiger partial charge in [0.15, 0.2) is 0 Å². The minimum absolute atomic E-state index is 0.00437. The van der Waals surface area contributed by atoms with Crippen LogP contribution in [0.5, 0.6) is 0 Å². The topological polar surface area (TPSA) is 73.3 Å². The van der Waals surface area contributed by atoms with Gasteiger partial charge in [0, 0.05) is 42.6 Å². The van der Waals surface area contributed by atoms with Crippen molar-refractivity contribution in [2.75, 3.05) is 25.6 Å². The number of aliphatic carboxylic acids is 1. The molecular formula is C26H26ClN2O3S2-. The molecule has 0 fully saturated rings. The van der Waals surface area contributed by atoms with Crippen LogP contribution in [0.1, 0.15) is 34.2 Å². The molecule has 1 aromatic heterocycles. The SMILES string of the molecule is CN(C)C(=O)CCS[C@H](SCCC(=O)[O-])c1cccc(/C=C/c2ccc3ccc(Cl)cc3n2)c1. The summed E-state index contributed by atoms with van der Waals surface area (Å²) in [5.41, 5.74) is 3.76. The summed E-state index contributed by atoms with van der Waals surface area (Å²) < 4.78 is 0.0172. The molecule has 0 radical (unpaired) electrons. The predicted molar refractivity (Wildman–Crippen MR) is 143 cm³/mol. The lowest BCUT2D eigenvalue weighted by atomic mass is 10.1. The molecule has 3 aromatic rings. The zero-order valence-corrected chi connectivity index (χ0v) is 21.5. The van der Waals surface area contributed by atoms with E-state index in [1.807, 2.05) is 60.7 Å². The summed E-state index contributed by atoms with van der Waals surface area (Å²) in [5, 5.41) is 12.6. The number of carboxylic acid groups (broad SMARTS) is 1. The van der Waals surface area contributed by atoms with Crippen LogP contribution in [0.15, 0.2) is 54.6 Å². The van der Waals surface area contributed by atoms with Crippen LogP contribution in [0.2, 0.25) is 5.02 Å². The molecule has 0 aliphatic heterocycles. The number of carboxylic acids is 1. The highest BCUT2D eigenvalue weighted by atomic mass is 35.5. The van der Waals surface area contributed by atoms with Gasteiger partial charge in [0.25, 0.3) is 0 Å². The average molecular weight is 514 g/mol.